The number of cyclic esters (lactones) is 1. The number of hydrogen-bond acceptors (Lipinski definition) is 11. The lowest BCUT2D eigenvalue weighted by atomic mass is 9.85. The Morgan fingerprint density at radius 1 is 1.10 bits per heavy atom. The summed E-state index contributed by atoms with van der Waals surface area (Å²) >= 11 is 0. The third kappa shape index (κ3) is 11.7. The number of hydrogen-bond donors (Lipinski definition) is 2. The van der Waals surface area contributed by atoms with Gasteiger partial charge in [0.2, 0.25) is 5.91 Å². The van der Waals surface area contributed by atoms with E-state index in [1.807, 2.05) is 121 Å². The number of amides is 3. The lowest BCUT2D eigenvalue weighted by Crippen LogP contribution is -2.61. The van der Waals surface area contributed by atoms with Crippen LogP contribution in [0.5, 0.6) is 0 Å². The minimum absolute atomic E-state index is 0.0546. The largest absolute Gasteiger partial charge is 0.464 e. The molecule has 16 heteroatoms. The van der Waals surface area contributed by atoms with Crippen LogP contribution >= 0.6 is 0 Å². The van der Waals surface area contributed by atoms with Gasteiger partial charge in [0.05, 0.1) is 71.5 Å². The van der Waals surface area contributed by atoms with Crippen molar-refractivity contribution in [3.8, 4) is 34.4 Å². The number of benzene rings is 1. The van der Waals surface area contributed by atoms with E-state index in [1.165, 1.54) is 5.01 Å². The molecule has 2 N–H and O–H groups in total. The standard InChI is InChI=1S/C53H69FN8O7/c1-33(2)40(31-68-37-29-60(30-37)45(63)20-21-53(6,7)59(8)9)49(64)57-43-27-35-14-11-15-36(26-35)41-18-19-44-47(56-41)39(48(61(44)25-22-54)38-16-12-23-55-46(38)34(3)67-10)28-52(4,5)32-69-51(66)42-17-13-24-62(58-42)50(43)65/h11-12,14-16,18-19,23,26,33-34,37,40,42-43,58H,13,17,22,24-25,27-32H2,1-10H3,(H,57,64)/t34-,40-,42-,43-/m0/s1. The van der Waals surface area contributed by atoms with Crippen molar-refractivity contribution in [2.75, 3.05) is 60.7 Å². The zero-order valence-electron chi connectivity index (χ0n) is 41.9. The van der Waals surface area contributed by atoms with Gasteiger partial charge in [-0.1, -0.05) is 51.8 Å². The van der Waals surface area contributed by atoms with Crippen LogP contribution in [-0.4, -0.2) is 137 Å². The summed E-state index contributed by atoms with van der Waals surface area (Å²) in [6.45, 7) is 14.4. The first-order valence-electron chi connectivity index (χ1n) is 24.1. The molecule has 370 valence electrons. The van der Waals surface area contributed by atoms with Gasteiger partial charge in [0.25, 0.3) is 11.8 Å². The van der Waals surface area contributed by atoms with Gasteiger partial charge in [-0.3, -0.25) is 34.1 Å². The number of rotatable bonds is 12. The van der Waals surface area contributed by atoms with Gasteiger partial charge in [-0.25, -0.2) is 14.8 Å². The molecule has 0 saturated carbocycles. The molecule has 7 rings (SSSR count). The average Bonchev–Trinajstić information content (AvgIpc) is 3.60. The number of methoxy groups -OCH3 is 1. The minimum Gasteiger partial charge on any atom is -0.464 e. The van der Waals surface area contributed by atoms with Gasteiger partial charge in [-0.2, -0.15) is 0 Å². The average molecular weight is 949 g/mol. The number of nitrogens with zero attached hydrogens (tertiary/aromatic N) is 6. The van der Waals surface area contributed by atoms with Crippen molar-refractivity contribution in [3.63, 3.8) is 0 Å². The number of alkyl halides is 1. The Kier molecular flexibility index (Phi) is 15.9. The van der Waals surface area contributed by atoms with Crippen LogP contribution in [0, 0.1) is 29.1 Å². The molecule has 4 atom stereocenters. The fraction of sp³-hybridized carbons (Fsp3) is 0.547. The van der Waals surface area contributed by atoms with E-state index in [0.717, 1.165) is 33.5 Å². The molecule has 15 nitrogen and oxygen atoms in total. The smallest absolute Gasteiger partial charge is 0.324 e. The highest BCUT2D eigenvalue weighted by atomic mass is 19.1. The molecule has 3 aliphatic rings. The Labute approximate surface area is 405 Å². The fourth-order valence-corrected chi connectivity index (χ4v) is 8.98. The van der Waals surface area contributed by atoms with Crippen molar-refractivity contribution in [2.24, 2.45) is 17.3 Å². The second-order valence-electron chi connectivity index (χ2n) is 20.5. The lowest BCUT2D eigenvalue weighted by Gasteiger charge is -2.39. The van der Waals surface area contributed by atoms with E-state index >= 15 is 0 Å². The van der Waals surface area contributed by atoms with E-state index in [9.17, 15) is 23.6 Å². The highest BCUT2D eigenvalue weighted by molar-refractivity contribution is 5.94. The summed E-state index contributed by atoms with van der Waals surface area (Å²) in [6, 6.07) is 13.7. The normalized spacial score (nSPS) is 19.9. The Balaban J connectivity index is 1.21. The first-order chi connectivity index (χ1) is 32.8. The van der Waals surface area contributed by atoms with Gasteiger partial charge in [0.15, 0.2) is 0 Å². The summed E-state index contributed by atoms with van der Waals surface area (Å²) in [6.07, 6.45) is 2.67. The maximum Gasteiger partial charge on any atom is 0.324 e. The van der Waals surface area contributed by atoms with Crippen molar-refractivity contribution in [3.05, 3.63) is 71.5 Å². The van der Waals surface area contributed by atoms with Crippen LogP contribution in [-0.2, 0) is 52.8 Å². The summed E-state index contributed by atoms with van der Waals surface area (Å²) in [5.41, 5.74) is 8.91. The number of fused-ring (bicyclic) bond motifs is 6. The number of nitrogens with one attached hydrogen (secondary N) is 2. The van der Waals surface area contributed by atoms with Crippen LogP contribution in [0.25, 0.3) is 33.5 Å². The summed E-state index contributed by atoms with van der Waals surface area (Å²) in [7, 11) is 5.46. The molecule has 2 saturated heterocycles. The second kappa shape index (κ2) is 21.5. The van der Waals surface area contributed by atoms with E-state index in [2.05, 4.69) is 22.6 Å². The zero-order chi connectivity index (χ0) is 49.8. The number of ether oxygens (including phenoxy) is 3. The molecule has 0 radical (unpaired) electrons. The number of hydrazine groups is 1. The maximum atomic E-state index is 14.6. The lowest BCUT2D eigenvalue weighted by molar-refractivity contribution is -0.155. The van der Waals surface area contributed by atoms with E-state index in [0.29, 0.717) is 55.8 Å². The fourth-order valence-electron chi connectivity index (χ4n) is 8.98. The quantitative estimate of drug-likeness (QED) is 0.128. The molecule has 2 fully saturated rings. The Morgan fingerprint density at radius 3 is 2.58 bits per heavy atom. The van der Waals surface area contributed by atoms with Crippen molar-refractivity contribution in [2.45, 2.75) is 111 Å². The van der Waals surface area contributed by atoms with Crippen LogP contribution in [0.15, 0.2) is 54.7 Å². The van der Waals surface area contributed by atoms with E-state index < -0.39 is 41.6 Å². The first-order valence-corrected chi connectivity index (χ1v) is 24.1. The molecule has 0 aliphatic carbocycles. The van der Waals surface area contributed by atoms with Gasteiger partial charge in [-0.05, 0) is 102 Å². The molecule has 1 aromatic carbocycles. The molecule has 69 heavy (non-hydrogen) atoms. The molecule has 3 amide bonds. The van der Waals surface area contributed by atoms with E-state index in [-0.39, 0.29) is 62.0 Å². The third-order valence-electron chi connectivity index (χ3n) is 13.8. The van der Waals surface area contributed by atoms with Crippen LogP contribution in [0.2, 0.25) is 0 Å². The predicted octanol–water partition coefficient (Wildman–Crippen LogP) is 5.93. The van der Waals surface area contributed by atoms with Crippen LogP contribution < -0.4 is 10.7 Å². The van der Waals surface area contributed by atoms with Crippen LogP contribution in [0.3, 0.4) is 0 Å². The van der Waals surface area contributed by atoms with Crippen molar-refractivity contribution >= 4 is 34.7 Å². The molecule has 3 aromatic heterocycles. The Bertz CT molecular complexity index is 2590. The Morgan fingerprint density at radius 2 is 1.87 bits per heavy atom. The molecule has 0 spiro atoms. The minimum atomic E-state index is -1.02. The van der Waals surface area contributed by atoms with Crippen LogP contribution in [0.1, 0.15) is 84.2 Å². The van der Waals surface area contributed by atoms with Gasteiger partial charge >= 0.3 is 5.97 Å². The van der Waals surface area contributed by atoms with E-state index in [1.54, 1.807) is 18.2 Å². The molecular weight excluding hydrogens is 880 g/mol. The third-order valence-corrected chi connectivity index (χ3v) is 13.8. The van der Waals surface area contributed by atoms with Crippen molar-refractivity contribution in [1.29, 1.82) is 0 Å². The SMILES string of the molecule is CO[C@@H](C)c1ncccc1-c1c2c3nc(ccc3n1CCF)-c1cccc(c1)C[C@H](NC(=O)[C@@H](COC1CN(C(=O)C#CC(C)(C)N(C)C)C1)C(C)C)C(=O)N1CCC[C@H](N1)C(=O)OCC(C)(C)C2. The summed E-state index contributed by atoms with van der Waals surface area (Å²) < 4.78 is 34.6. The van der Waals surface area contributed by atoms with Crippen molar-refractivity contribution < 1.29 is 37.8 Å². The molecule has 3 aliphatic heterocycles. The number of aryl methyl sites for hydroxylation is 1. The molecule has 6 heterocycles. The van der Waals surface area contributed by atoms with Crippen molar-refractivity contribution in [1.82, 2.24) is 40.1 Å². The highest BCUT2D eigenvalue weighted by Gasteiger charge is 2.38. The van der Waals surface area contributed by atoms with Gasteiger partial charge in [0, 0.05) is 61.5 Å². The van der Waals surface area contributed by atoms with Gasteiger partial charge in [-0.15, -0.1) is 0 Å². The summed E-state index contributed by atoms with van der Waals surface area (Å²) in [5, 5.41) is 4.53. The predicted molar refractivity (Wildman–Crippen MR) is 262 cm³/mol. The maximum absolute atomic E-state index is 14.6. The van der Waals surface area contributed by atoms with Crippen LogP contribution in [0.4, 0.5) is 4.39 Å². The van der Waals surface area contributed by atoms with Gasteiger partial charge < -0.3 is 29.0 Å². The Hall–Kier alpha value is -5.73. The summed E-state index contributed by atoms with van der Waals surface area (Å²) in [4.78, 5) is 69.3. The number of carbonyl (C=O) groups excluding carboxylic acids is 4. The number of carbonyl (C=O) groups is 4. The van der Waals surface area contributed by atoms with Gasteiger partial charge in [0.1, 0.15) is 18.8 Å². The molecular formula is C53H69FN8O7. The topological polar surface area (TPSA) is 160 Å². The second-order valence-corrected chi connectivity index (χ2v) is 20.5. The number of esters is 1. The number of pyridine rings is 2. The molecule has 4 aromatic rings. The number of aromatic nitrogens is 3. The first kappa shape index (κ1) is 51.1. The number of halogens is 1. The molecule has 0 unspecified atom stereocenters. The highest BCUT2D eigenvalue weighted by Crippen LogP contribution is 2.41. The molecule has 6 bridgehead atoms. The monoisotopic (exact) mass is 949 g/mol. The number of likely N-dealkylation sites (tertiary alicyclic amines) is 1. The zero-order valence-corrected chi connectivity index (χ0v) is 41.9. The summed E-state index contributed by atoms with van der Waals surface area (Å²) in [5.74, 6) is 3.56. The van der Waals surface area contributed by atoms with E-state index in [4.69, 9.17) is 24.2 Å².